The molecule has 150 valence electrons. The van der Waals surface area contributed by atoms with E-state index in [1.54, 1.807) is 36.4 Å². The van der Waals surface area contributed by atoms with Gasteiger partial charge in [0, 0.05) is 23.1 Å². The van der Waals surface area contributed by atoms with Crippen LogP contribution in [0.2, 0.25) is 0 Å². The second kappa shape index (κ2) is 8.51. The third kappa shape index (κ3) is 4.11. The Hall–Kier alpha value is -3.45. The van der Waals surface area contributed by atoms with Gasteiger partial charge in [-0.25, -0.2) is 0 Å². The maximum atomic E-state index is 12.6. The predicted octanol–water partition coefficient (Wildman–Crippen LogP) is 4.12. The van der Waals surface area contributed by atoms with E-state index in [4.69, 9.17) is 0 Å². The fourth-order valence-corrected chi connectivity index (χ4v) is 4.32. The van der Waals surface area contributed by atoms with E-state index in [1.165, 1.54) is 0 Å². The summed E-state index contributed by atoms with van der Waals surface area (Å²) in [5.41, 5.74) is 1.08. The van der Waals surface area contributed by atoms with Crippen molar-refractivity contribution >= 4 is 51.1 Å². The zero-order valence-electron chi connectivity index (χ0n) is 15.9. The monoisotopic (exact) mass is 418 g/mol. The minimum absolute atomic E-state index is 0.144. The second-order valence-corrected chi connectivity index (χ2v) is 8.02. The van der Waals surface area contributed by atoms with E-state index < -0.39 is 16.4 Å². The van der Waals surface area contributed by atoms with Crippen LogP contribution in [0, 0.1) is 0 Å². The summed E-state index contributed by atoms with van der Waals surface area (Å²) in [6.07, 6.45) is -0.144. The molecule has 0 aromatic heterocycles. The van der Waals surface area contributed by atoms with Crippen LogP contribution in [0.25, 0.3) is 10.8 Å². The van der Waals surface area contributed by atoms with Crippen molar-refractivity contribution in [3.8, 4) is 0 Å². The van der Waals surface area contributed by atoms with Crippen molar-refractivity contribution in [2.75, 3.05) is 11.9 Å². The van der Waals surface area contributed by atoms with Gasteiger partial charge in [-0.1, -0.05) is 78.5 Å². The average molecular weight is 418 g/mol. The van der Waals surface area contributed by atoms with Gasteiger partial charge in [0.05, 0.1) is 6.54 Å². The quantitative estimate of drug-likeness (QED) is 0.609. The molecule has 3 aromatic carbocycles. The summed E-state index contributed by atoms with van der Waals surface area (Å²) in [7, 11) is 0. The van der Waals surface area contributed by atoms with Crippen molar-refractivity contribution in [2.45, 2.75) is 11.7 Å². The third-order valence-electron chi connectivity index (χ3n) is 4.84. The molecule has 7 heteroatoms. The molecule has 1 atom stereocenters. The number of hydrogen-bond donors (Lipinski definition) is 1. The number of carbonyl (C=O) groups is 4. The molecule has 1 saturated heterocycles. The van der Waals surface area contributed by atoms with Crippen LogP contribution in [0.5, 0.6) is 0 Å². The van der Waals surface area contributed by atoms with Crippen LogP contribution >= 0.6 is 11.8 Å². The van der Waals surface area contributed by atoms with Gasteiger partial charge < -0.3 is 5.32 Å². The number of nitrogens with zero attached hydrogens (tertiary/aromatic N) is 1. The highest BCUT2D eigenvalue weighted by Gasteiger charge is 2.41. The summed E-state index contributed by atoms with van der Waals surface area (Å²) in [4.78, 5) is 50.7. The first-order chi connectivity index (χ1) is 14.5. The van der Waals surface area contributed by atoms with Crippen molar-refractivity contribution < 1.29 is 19.2 Å². The van der Waals surface area contributed by atoms with Crippen LogP contribution < -0.4 is 5.32 Å². The predicted molar refractivity (Wildman–Crippen MR) is 116 cm³/mol. The van der Waals surface area contributed by atoms with Gasteiger partial charge >= 0.3 is 0 Å². The topological polar surface area (TPSA) is 83.6 Å². The third-order valence-corrected chi connectivity index (χ3v) is 5.91. The van der Waals surface area contributed by atoms with Crippen LogP contribution in [0.15, 0.2) is 72.8 Å². The molecule has 0 saturated carbocycles. The highest BCUT2D eigenvalue weighted by molar-refractivity contribution is 8.15. The molecule has 0 radical (unpaired) electrons. The molecule has 1 heterocycles. The van der Waals surface area contributed by atoms with Gasteiger partial charge in [0.25, 0.3) is 5.24 Å². The van der Waals surface area contributed by atoms with Crippen molar-refractivity contribution in [2.24, 2.45) is 0 Å². The largest absolute Gasteiger partial charge is 0.325 e. The normalized spacial score (nSPS) is 16.1. The number of carbonyl (C=O) groups excluding carboxylic acids is 4. The molecule has 4 rings (SSSR count). The van der Waals surface area contributed by atoms with Gasteiger partial charge in [-0.2, -0.15) is 0 Å². The Balaban J connectivity index is 1.41. The number of rotatable bonds is 6. The van der Waals surface area contributed by atoms with Crippen molar-refractivity contribution in [3.63, 3.8) is 0 Å². The molecule has 1 aliphatic rings. The summed E-state index contributed by atoms with van der Waals surface area (Å²) >= 11 is 0.786. The fraction of sp³-hybridized carbons (Fsp3) is 0.130. The number of imide groups is 1. The van der Waals surface area contributed by atoms with Crippen LogP contribution in [0.4, 0.5) is 10.5 Å². The zero-order chi connectivity index (χ0) is 21.1. The van der Waals surface area contributed by atoms with Gasteiger partial charge in [-0.15, -0.1) is 0 Å². The number of Topliss-reactive ketones (excluding diaryl/α,β-unsaturated/α-hetero) is 1. The minimum atomic E-state index is -0.837. The lowest BCUT2D eigenvalue weighted by Gasteiger charge is -2.13. The second-order valence-electron chi connectivity index (χ2n) is 6.86. The van der Waals surface area contributed by atoms with E-state index in [-0.39, 0.29) is 24.7 Å². The molecule has 1 aliphatic heterocycles. The van der Waals surface area contributed by atoms with Crippen LogP contribution in [-0.4, -0.2) is 39.5 Å². The first-order valence-corrected chi connectivity index (χ1v) is 10.3. The number of benzene rings is 3. The molecule has 3 aromatic rings. The number of amides is 3. The molecule has 6 nitrogen and oxygen atoms in total. The molecule has 0 aliphatic carbocycles. The molecular weight excluding hydrogens is 400 g/mol. The lowest BCUT2D eigenvalue weighted by molar-refractivity contribution is -0.128. The van der Waals surface area contributed by atoms with Crippen LogP contribution in [-0.2, 0) is 9.59 Å². The Morgan fingerprint density at radius 1 is 0.900 bits per heavy atom. The molecular formula is C23H18N2O4S. The number of anilines is 1. The number of fused-ring (bicyclic) bond motifs is 1. The molecule has 30 heavy (non-hydrogen) atoms. The smallest absolute Gasteiger partial charge is 0.289 e. The zero-order valence-corrected chi connectivity index (χ0v) is 16.7. The number of ketones is 1. The van der Waals surface area contributed by atoms with E-state index in [0.717, 1.165) is 27.4 Å². The van der Waals surface area contributed by atoms with Gasteiger partial charge in [-0.05, 0) is 11.5 Å². The standard InChI is InChI=1S/C23H18N2O4S/c26-19(16-8-2-1-3-9-16)14-25-22(28)20(30-23(25)29)13-21(27)24-18-12-6-10-15-7-4-5-11-17(15)18/h1-12,20H,13-14H2,(H,24,27). The Labute approximate surface area is 177 Å². The van der Waals surface area contributed by atoms with E-state index in [1.807, 2.05) is 36.4 Å². The summed E-state index contributed by atoms with van der Waals surface area (Å²) in [5.74, 6) is -1.19. The Kier molecular flexibility index (Phi) is 5.63. The lowest BCUT2D eigenvalue weighted by Crippen LogP contribution is -2.36. The maximum absolute atomic E-state index is 12.6. The SMILES string of the molecule is O=C(CC1SC(=O)N(CC(=O)c2ccccc2)C1=O)Nc1cccc2ccccc12. The first kappa shape index (κ1) is 19.8. The average Bonchev–Trinajstić information content (AvgIpc) is 3.02. The van der Waals surface area contributed by atoms with Gasteiger partial charge in [0.1, 0.15) is 5.25 Å². The van der Waals surface area contributed by atoms with Crippen molar-refractivity contribution in [1.29, 1.82) is 0 Å². The molecule has 1 unspecified atom stereocenters. The minimum Gasteiger partial charge on any atom is -0.325 e. The number of hydrogen-bond acceptors (Lipinski definition) is 5. The van der Waals surface area contributed by atoms with Crippen LogP contribution in [0.1, 0.15) is 16.8 Å². The summed E-state index contributed by atoms with van der Waals surface area (Å²) in [6, 6.07) is 21.7. The number of nitrogens with one attached hydrogen (secondary N) is 1. The van der Waals surface area contributed by atoms with Gasteiger partial charge in [0.15, 0.2) is 5.78 Å². The highest BCUT2D eigenvalue weighted by Crippen LogP contribution is 2.30. The first-order valence-electron chi connectivity index (χ1n) is 9.41. The van der Waals surface area contributed by atoms with E-state index in [0.29, 0.717) is 11.3 Å². The highest BCUT2D eigenvalue weighted by atomic mass is 32.2. The molecule has 0 bridgehead atoms. The van der Waals surface area contributed by atoms with Gasteiger partial charge in [0.2, 0.25) is 11.8 Å². The summed E-state index contributed by atoms with van der Waals surface area (Å²) in [5, 5.41) is 3.37. The van der Waals surface area contributed by atoms with Crippen molar-refractivity contribution in [1.82, 2.24) is 4.90 Å². The molecule has 3 amide bonds. The summed E-state index contributed by atoms with van der Waals surface area (Å²) < 4.78 is 0. The molecule has 1 fully saturated rings. The lowest BCUT2D eigenvalue weighted by atomic mass is 10.1. The van der Waals surface area contributed by atoms with Crippen molar-refractivity contribution in [3.05, 3.63) is 78.4 Å². The van der Waals surface area contributed by atoms with E-state index in [9.17, 15) is 19.2 Å². The summed E-state index contributed by atoms with van der Waals surface area (Å²) in [6.45, 7) is -0.323. The van der Waals surface area contributed by atoms with Crippen LogP contribution in [0.3, 0.4) is 0 Å². The Morgan fingerprint density at radius 2 is 1.60 bits per heavy atom. The fourth-order valence-electron chi connectivity index (χ4n) is 3.33. The molecule has 1 N–H and O–H groups in total. The Bertz CT molecular complexity index is 1140. The van der Waals surface area contributed by atoms with E-state index in [2.05, 4.69) is 5.32 Å². The maximum Gasteiger partial charge on any atom is 0.289 e. The van der Waals surface area contributed by atoms with E-state index >= 15 is 0 Å². The molecule has 0 spiro atoms. The van der Waals surface area contributed by atoms with Gasteiger partial charge in [-0.3, -0.25) is 24.1 Å². The number of thioether (sulfide) groups is 1. The Morgan fingerprint density at radius 3 is 2.40 bits per heavy atom.